The van der Waals surface area contributed by atoms with Crippen LogP contribution in [0.5, 0.6) is 0 Å². The van der Waals surface area contributed by atoms with Gasteiger partial charge in [0, 0.05) is 25.7 Å². The fraction of sp³-hybridized carbons (Fsp3) is 0.389. The molecule has 0 spiro atoms. The predicted octanol–water partition coefficient (Wildman–Crippen LogP) is 1.78. The number of rotatable bonds is 6. The number of benzene rings is 1. The molecule has 1 fully saturated rings. The van der Waals surface area contributed by atoms with E-state index in [4.69, 9.17) is 16.1 Å². The van der Waals surface area contributed by atoms with E-state index in [9.17, 15) is 14.0 Å². The van der Waals surface area contributed by atoms with Crippen LogP contribution in [-0.2, 0) is 22.7 Å². The van der Waals surface area contributed by atoms with Gasteiger partial charge in [0.05, 0.1) is 29.7 Å². The third-order valence-corrected chi connectivity index (χ3v) is 4.63. The summed E-state index contributed by atoms with van der Waals surface area (Å²) >= 11 is 5.71. The smallest absolute Gasteiger partial charge is 0.237 e. The molecule has 1 saturated heterocycles. The van der Waals surface area contributed by atoms with Gasteiger partial charge in [-0.05, 0) is 24.6 Å². The highest BCUT2D eigenvalue weighted by Crippen LogP contribution is 2.19. The van der Waals surface area contributed by atoms with E-state index in [1.54, 1.807) is 19.1 Å². The number of nitrogens with zero attached hydrogens (tertiary/aromatic N) is 2. The number of hydrogen-bond acceptors (Lipinski definition) is 5. The van der Waals surface area contributed by atoms with E-state index in [0.717, 1.165) is 5.69 Å². The van der Waals surface area contributed by atoms with Crippen molar-refractivity contribution < 1.29 is 18.5 Å². The van der Waals surface area contributed by atoms with Gasteiger partial charge < -0.3 is 15.2 Å². The number of aromatic nitrogens is 1. The molecule has 2 heterocycles. The van der Waals surface area contributed by atoms with Crippen LogP contribution in [-0.4, -0.2) is 41.0 Å². The second kappa shape index (κ2) is 8.49. The molecule has 7 nitrogen and oxygen atoms in total. The average molecular weight is 395 g/mol. The summed E-state index contributed by atoms with van der Waals surface area (Å²) in [5.41, 5.74) is 1.42. The molecule has 1 atom stereocenters. The molecule has 0 saturated carbocycles. The molecule has 2 amide bonds. The van der Waals surface area contributed by atoms with Gasteiger partial charge in [-0.15, -0.1) is 0 Å². The molecule has 0 radical (unpaired) electrons. The average Bonchev–Trinajstić information content (AvgIpc) is 3.05. The molecule has 1 aliphatic heterocycles. The minimum atomic E-state index is -0.631. The summed E-state index contributed by atoms with van der Waals surface area (Å²) in [6, 6.07) is 5.64. The van der Waals surface area contributed by atoms with Crippen LogP contribution in [0.25, 0.3) is 0 Å². The van der Waals surface area contributed by atoms with Gasteiger partial charge in [-0.3, -0.25) is 14.5 Å². The minimum absolute atomic E-state index is 0.00494. The Morgan fingerprint density at radius 1 is 1.48 bits per heavy atom. The molecule has 1 aromatic heterocycles. The van der Waals surface area contributed by atoms with E-state index in [0.29, 0.717) is 31.0 Å². The molecule has 0 bridgehead atoms. The summed E-state index contributed by atoms with van der Waals surface area (Å²) in [6.45, 7) is 3.38. The Labute approximate surface area is 160 Å². The van der Waals surface area contributed by atoms with Crippen molar-refractivity contribution in [1.82, 2.24) is 20.7 Å². The van der Waals surface area contributed by atoms with Crippen LogP contribution in [0.15, 0.2) is 28.8 Å². The standard InChI is InChI=1S/C18H20ClFN4O3/c1-11-6-13(27-23-11)9-22-17(25)8-16-18(26)21-4-5-24(16)10-12-2-3-14(19)15(20)7-12/h2-3,6-7,16H,4-5,8-10H2,1H3,(H,21,26)(H,22,25). The van der Waals surface area contributed by atoms with Gasteiger partial charge in [-0.25, -0.2) is 4.39 Å². The summed E-state index contributed by atoms with van der Waals surface area (Å²) in [6.07, 6.45) is -0.00494. The van der Waals surface area contributed by atoms with Gasteiger partial charge in [0.1, 0.15) is 5.82 Å². The van der Waals surface area contributed by atoms with E-state index in [2.05, 4.69) is 15.8 Å². The zero-order valence-corrected chi connectivity index (χ0v) is 15.6. The Kier molecular flexibility index (Phi) is 6.08. The van der Waals surface area contributed by atoms with Crippen molar-refractivity contribution in [2.45, 2.75) is 32.5 Å². The van der Waals surface area contributed by atoms with Gasteiger partial charge >= 0.3 is 0 Å². The molecule has 2 aromatic rings. The topological polar surface area (TPSA) is 87.5 Å². The van der Waals surface area contributed by atoms with Crippen molar-refractivity contribution in [3.63, 3.8) is 0 Å². The van der Waals surface area contributed by atoms with Crippen molar-refractivity contribution in [3.05, 3.63) is 52.1 Å². The second-order valence-corrected chi connectivity index (χ2v) is 6.85. The largest absolute Gasteiger partial charge is 0.359 e. The van der Waals surface area contributed by atoms with Gasteiger partial charge in [-0.2, -0.15) is 0 Å². The maximum absolute atomic E-state index is 13.7. The zero-order chi connectivity index (χ0) is 19.4. The van der Waals surface area contributed by atoms with Crippen molar-refractivity contribution in [2.75, 3.05) is 13.1 Å². The highest BCUT2D eigenvalue weighted by atomic mass is 35.5. The molecular formula is C18H20ClFN4O3. The van der Waals surface area contributed by atoms with Crippen molar-refractivity contribution in [2.24, 2.45) is 0 Å². The molecular weight excluding hydrogens is 375 g/mol. The number of carbonyl (C=O) groups excluding carboxylic acids is 2. The number of hydrogen-bond donors (Lipinski definition) is 2. The quantitative estimate of drug-likeness (QED) is 0.779. The Hall–Kier alpha value is -2.45. The zero-order valence-electron chi connectivity index (χ0n) is 14.8. The first-order valence-electron chi connectivity index (χ1n) is 8.57. The second-order valence-electron chi connectivity index (χ2n) is 6.44. The summed E-state index contributed by atoms with van der Waals surface area (Å²) in [5.74, 6) is -0.463. The Morgan fingerprint density at radius 3 is 3.00 bits per heavy atom. The summed E-state index contributed by atoms with van der Waals surface area (Å²) in [4.78, 5) is 26.4. The Morgan fingerprint density at radius 2 is 2.30 bits per heavy atom. The number of piperazine rings is 1. The molecule has 0 aliphatic carbocycles. The Balaban J connectivity index is 1.62. The highest BCUT2D eigenvalue weighted by molar-refractivity contribution is 6.30. The van der Waals surface area contributed by atoms with E-state index in [1.165, 1.54) is 12.1 Å². The van der Waals surface area contributed by atoms with Crippen molar-refractivity contribution in [3.8, 4) is 0 Å². The lowest BCUT2D eigenvalue weighted by Gasteiger charge is -2.34. The molecule has 1 aliphatic rings. The van der Waals surface area contributed by atoms with Gasteiger partial charge in [0.2, 0.25) is 11.8 Å². The van der Waals surface area contributed by atoms with Crippen LogP contribution < -0.4 is 10.6 Å². The first-order valence-corrected chi connectivity index (χ1v) is 8.95. The van der Waals surface area contributed by atoms with Gasteiger partial charge in [0.15, 0.2) is 5.76 Å². The van der Waals surface area contributed by atoms with Gasteiger partial charge in [0.25, 0.3) is 0 Å². The monoisotopic (exact) mass is 394 g/mol. The van der Waals surface area contributed by atoms with Crippen molar-refractivity contribution in [1.29, 1.82) is 0 Å². The fourth-order valence-electron chi connectivity index (χ4n) is 2.98. The van der Waals surface area contributed by atoms with E-state index in [1.807, 2.05) is 4.90 Å². The van der Waals surface area contributed by atoms with Crippen molar-refractivity contribution >= 4 is 23.4 Å². The number of carbonyl (C=O) groups is 2. The van der Waals surface area contributed by atoms with Crippen LogP contribution in [0.1, 0.15) is 23.4 Å². The lowest BCUT2D eigenvalue weighted by atomic mass is 10.1. The maximum atomic E-state index is 13.7. The number of halogens is 2. The van der Waals surface area contributed by atoms with Gasteiger partial charge in [-0.1, -0.05) is 22.8 Å². The SMILES string of the molecule is Cc1cc(CNC(=O)CC2C(=O)NCCN2Cc2ccc(Cl)c(F)c2)on1. The first kappa shape index (κ1) is 19.3. The first-order chi connectivity index (χ1) is 12.9. The molecule has 1 aromatic carbocycles. The molecule has 1 unspecified atom stereocenters. The third-order valence-electron chi connectivity index (χ3n) is 4.33. The maximum Gasteiger partial charge on any atom is 0.237 e. The fourth-order valence-corrected chi connectivity index (χ4v) is 3.10. The van der Waals surface area contributed by atoms with E-state index >= 15 is 0 Å². The van der Waals surface area contributed by atoms with Crippen LogP contribution in [0, 0.1) is 12.7 Å². The lowest BCUT2D eigenvalue weighted by Crippen LogP contribution is -2.56. The minimum Gasteiger partial charge on any atom is -0.359 e. The Bertz CT molecular complexity index is 842. The molecule has 27 heavy (non-hydrogen) atoms. The molecule has 2 N–H and O–H groups in total. The van der Waals surface area contributed by atoms with Crippen LogP contribution in [0.2, 0.25) is 5.02 Å². The molecule has 9 heteroatoms. The van der Waals surface area contributed by atoms with Crippen LogP contribution in [0.3, 0.4) is 0 Å². The predicted molar refractivity (Wildman–Crippen MR) is 96.3 cm³/mol. The van der Waals surface area contributed by atoms with Crippen LogP contribution >= 0.6 is 11.6 Å². The number of aryl methyl sites for hydroxylation is 1. The third kappa shape index (κ3) is 5.05. The van der Waals surface area contributed by atoms with Crippen LogP contribution in [0.4, 0.5) is 4.39 Å². The van der Waals surface area contributed by atoms with E-state index in [-0.39, 0.29) is 29.8 Å². The van der Waals surface area contributed by atoms with E-state index < -0.39 is 11.9 Å². The molecule has 144 valence electrons. The summed E-state index contributed by atoms with van der Waals surface area (Å²) < 4.78 is 18.7. The number of amides is 2. The summed E-state index contributed by atoms with van der Waals surface area (Å²) in [5, 5.41) is 9.30. The normalized spacial score (nSPS) is 17.6. The highest BCUT2D eigenvalue weighted by Gasteiger charge is 2.31. The lowest BCUT2D eigenvalue weighted by molar-refractivity contribution is -0.134. The number of nitrogens with one attached hydrogen (secondary N) is 2. The molecule has 3 rings (SSSR count). The summed E-state index contributed by atoms with van der Waals surface area (Å²) in [7, 11) is 0.